The fourth-order valence-corrected chi connectivity index (χ4v) is 3.89. The van der Waals surface area contributed by atoms with E-state index in [-0.39, 0.29) is 30.9 Å². The molecule has 0 aliphatic carbocycles. The first kappa shape index (κ1) is 24.6. The molecule has 1 atom stereocenters. The van der Waals surface area contributed by atoms with Crippen LogP contribution in [0.4, 0.5) is 0 Å². The molecule has 2 nitrogen and oxygen atoms in total. The van der Waals surface area contributed by atoms with E-state index < -0.39 is 0 Å². The molecule has 2 aromatic carbocycles. The average Bonchev–Trinajstić information content (AvgIpc) is 2.64. The molecule has 1 aliphatic heterocycles. The van der Waals surface area contributed by atoms with E-state index in [4.69, 9.17) is 23.2 Å². The Hall–Kier alpha value is -0.480. The summed E-state index contributed by atoms with van der Waals surface area (Å²) in [6, 6.07) is 17.3. The van der Waals surface area contributed by atoms with Gasteiger partial charge in [0.05, 0.1) is 6.04 Å². The number of nitrogens with zero attached hydrogens (tertiary/aromatic N) is 1. The van der Waals surface area contributed by atoms with E-state index in [0.29, 0.717) is 6.04 Å². The van der Waals surface area contributed by atoms with Crippen molar-refractivity contribution in [3.05, 3.63) is 69.7 Å². The van der Waals surface area contributed by atoms with Crippen LogP contribution >= 0.6 is 48.0 Å². The van der Waals surface area contributed by atoms with Crippen molar-refractivity contribution in [1.29, 1.82) is 0 Å². The third-order valence-electron chi connectivity index (χ3n) is 4.93. The van der Waals surface area contributed by atoms with Crippen molar-refractivity contribution < 1.29 is 0 Å². The minimum absolute atomic E-state index is 0. The van der Waals surface area contributed by atoms with Gasteiger partial charge >= 0.3 is 0 Å². The summed E-state index contributed by atoms with van der Waals surface area (Å²) in [6.07, 6.45) is 3.76. The Labute approximate surface area is 185 Å². The van der Waals surface area contributed by atoms with Crippen molar-refractivity contribution >= 4 is 48.0 Å². The van der Waals surface area contributed by atoms with Crippen LogP contribution in [0.2, 0.25) is 10.0 Å². The van der Waals surface area contributed by atoms with E-state index in [0.717, 1.165) is 29.7 Å². The maximum atomic E-state index is 6.11. The van der Waals surface area contributed by atoms with Gasteiger partial charge in [0, 0.05) is 35.7 Å². The first-order chi connectivity index (χ1) is 12.2. The predicted octanol–water partition coefficient (Wildman–Crippen LogP) is 6.39. The number of piperazine rings is 1. The first-order valence-corrected chi connectivity index (χ1v) is 9.91. The third kappa shape index (κ3) is 6.81. The van der Waals surface area contributed by atoms with E-state index in [1.54, 1.807) is 0 Å². The van der Waals surface area contributed by atoms with Crippen molar-refractivity contribution in [1.82, 2.24) is 10.2 Å². The van der Waals surface area contributed by atoms with Gasteiger partial charge in [-0.3, -0.25) is 4.90 Å². The van der Waals surface area contributed by atoms with Crippen LogP contribution in [0.1, 0.15) is 43.4 Å². The largest absolute Gasteiger partial charge is 0.311 e. The van der Waals surface area contributed by atoms with Crippen LogP contribution in [0, 0.1) is 0 Å². The highest BCUT2D eigenvalue weighted by molar-refractivity contribution is 6.30. The maximum absolute atomic E-state index is 6.11. The monoisotopic (exact) mass is 448 g/mol. The van der Waals surface area contributed by atoms with Crippen LogP contribution in [-0.4, -0.2) is 30.6 Å². The number of benzene rings is 2. The Morgan fingerprint density at radius 2 is 1.48 bits per heavy atom. The lowest BCUT2D eigenvalue weighted by molar-refractivity contribution is 0.158. The quantitative estimate of drug-likeness (QED) is 0.549. The standard InChI is InChI=1S/C21H26Cl2N2.2ClH/c1-2-3-4-20-15-25(14-13-24-20)21(16-5-9-18(22)10-6-16)17-7-11-19(23)12-8-17;;/h5-12,20-21,24H,2-4,13-15H2,1H3;2*1H/t20-;;/m0../s1. The van der Waals surface area contributed by atoms with Crippen LogP contribution in [0.15, 0.2) is 48.5 Å². The van der Waals surface area contributed by atoms with Crippen LogP contribution in [0.25, 0.3) is 0 Å². The number of rotatable bonds is 6. The average molecular weight is 450 g/mol. The zero-order chi connectivity index (χ0) is 17.6. The smallest absolute Gasteiger partial charge is 0.0602 e. The summed E-state index contributed by atoms with van der Waals surface area (Å²) in [6.45, 7) is 5.39. The zero-order valence-corrected chi connectivity index (χ0v) is 18.7. The summed E-state index contributed by atoms with van der Waals surface area (Å²) >= 11 is 12.2. The summed E-state index contributed by atoms with van der Waals surface area (Å²) < 4.78 is 0. The number of nitrogens with one attached hydrogen (secondary N) is 1. The second-order valence-electron chi connectivity index (χ2n) is 6.79. The van der Waals surface area contributed by atoms with Crippen LogP contribution < -0.4 is 5.32 Å². The van der Waals surface area contributed by atoms with Crippen LogP contribution in [-0.2, 0) is 0 Å². The van der Waals surface area contributed by atoms with E-state index in [9.17, 15) is 0 Å². The SMILES string of the molecule is CCCC[C@H]1CN(C(c2ccc(Cl)cc2)c2ccc(Cl)cc2)CCN1.Cl.Cl. The normalized spacial score (nSPS) is 17.3. The van der Waals surface area contributed by atoms with Crippen LogP contribution in [0.5, 0.6) is 0 Å². The Kier molecular flexibility index (Phi) is 11.1. The molecule has 150 valence electrons. The Morgan fingerprint density at radius 3 is 1.96 bits per heavy atom. The maximum Gasteiger partial charge on any atom is 0.0602 e. The molecule has 1 heterocycles. The van der Waals surface area contributed by atoms with Gasteiger partial charge in [-0.15, -0.1) is 24.8 Å². The molecular formula is C21H28Cl4N2. The van der Waals surface area contributed by atoms with Gasteiger partial charge in [-0.2, -0.15) is 0 Å². The summed E-state index contributed by atoms with van der Waals surface area (Å²) in [5.41, 5.74) is 2.56. The molecule has 0 radical (unpaired) electrons. The van der Waals surface area contributed by atoms with Gasteiger partial charge in [-0.1, -0.05) is 67.2 Å². The molecule has 0 saturated carbocycles. The third-order valence-corrected chi connectivity index (χ3v) is 5.43. The molecule has 2 aromatic rings. The molecule has 1 N–H and O–H groups in total. The van der Waals surface area contributed by atoms with Crippen molar-refractivity contribution in [2.24, 2.45) is 0 Å². The van der Waals surface area contributed by atoms with Gasteiger partial charge in [0.15, 0.2) is 0 Å². The lowest BCUT2D eigenvalue weighted by Gasteiger charge is -2.39. The predicted molar refractivity (Wildman–Crippen MR) is 122 cm³/mol. The van der Waals surface area contributed by atoms with Gasteiger partial charge in [0.25, 0.3) is 0 Å². The van der Waals surface area contributed by atoms with Gasteiger partial charge in [0.2, 0.25) is 0 Å². The van der Waals surface area contributed by atoms with Crippen molar-refractivity contribution in [3.8, 4) is 0 Å². The van der Waals surface area contributed by atoms with E-state index >= 15 is 0 Å². The highest BCUT2D eigenvalue weighted by atomic mass is 35.5. The fourth-order valence-electron chi connectivity index (χ4n) is 3.63. The molecule has 1 saturated heterocycles. The van der Waals surface area contributed by atoms with Crippen molar-refractivity contribution in [3.63, 3.8) is 0 Å². The van der Waals surface area contributed by atoms with Gasteiger partial charge in [-0.25, -0.2) is 0 Å². The zero-order valence-electron chi connectivity index (χ0n) is 15.5. The molecule has 1 fully saturated rings. The summed E-state index contributed by atoms with van der Waals surface area (Å²) in [4.78, 5) is 2.59. The molecule has 0 aromatic heterocycles. The van der Waals surface area contributed by atoms with Crippen LogP contribution in [0.3, 0.4) is 0 Å². The molecular weight excluding hydrogens is 422 g/mol. The lowest BCUT2D eigenvalue weighted by Crippen LogP contribution is -2.51. The summed E-state index contributed by atoms with van der Waals surface area (Å²) in [5.74, 6) is 0. The molecule has 3 rings (SSSR count). The van der Waals surface area contributed by atoms with Crippen molar-refractivity contribution in [2.45, 2.75) is 38.3 Å². The van der Waals surface area contributed by atoms with Gasteiger partial charge in [-0.05, 0) is 41.8 Å². The molecule has 0 spiro atoms. The number of unbranched alkanes of at least 4 members (excludes halogenated alkanes) is 1. The summed E-state index contributed by atoms with van der Waals surface area (Å²) in [7, 11) is 0. The van der Waals surface area contributed by atoms with E-state index in [1.165, 1.54) is 30.4 Å². The van der Waals surface area contributed by atoms with E-state index in [1.807, 2.05) is 24.3 Å². The summed E-state index contributed by atoms with van der Waals surface area (Å²) in [5, 5.41) is 5.23. The van der Waals surface area contributed by atoms with E-state index in [2.05, 4.69) is 41.4 Å². The number of hydrogen-bond donors (Lipinski definition) is 1. The number of halogens is 4. The molecule has 0 amide bonds. The Morgan fingerprint density at radius 1 is 0.963 bits per heavy atom. The highest BCUT2D eigenvalue weighted by Gasteiger charge is 2.27. The van der Waals surface area contributed by atoms with Gasteiger partial charge in [0.1, 0.15) is 0 Å². The minimum Gasteiger partial charge on any atom is -0.311 e. The molecule has 6 heteroatoms. The molecule has 0 unspecified atom stereocenters. The minimum atomic E-state index is 0. The van der Waals surface area contributed by atoms with Gasteiger partial charge < -0.3 is 5.32 Å². The molecule has 0 bridgehead atoms. The number of hydrogen-bond acceptors (Lipinski definition) is 2. The Balaban J connectivity index is 0.00000182. The first-order valence-electron chi connectivity index (χ1n) is 9.15. The second kappa shape index (κ2) is 12.2. The van der Waals surface area contributed by atoms with Crippen molar-refractivity contribution in [2.75, 3.05) is 19.6 Å². The Bertz CT molecular complexity index is 615. The topological polar surface area (TPSA) is 15.3 Å². The molecule has 27 heavy (non-hydrogen) atoms. The molecule has 1 aliphatic rings. The highest BCUT2D eigenvalue weighted by Crippen LogP contribution is 2.31. The second-order valence-corrected chi connectivity index (χ2v) is 7.67. The fraction of sp³-hybridized carbons (Fsp3) is 0.429. The lowest BCUT2D eigenvalue weighted by atomic mass is 9.95.